The van der Waals surface area contributed by atoms with E-state index in [1.807, 2.05) is 24.3 Å². The lowest BCUT2D eigenvalue weighted by atomic mass is 9.98. The number of alkyl halides is 3. The zero-order valence-electron chi connectivity index (χ0n) is 18.3. The predicted molar refractivity (Wildman–Crippen MR) is 121 cm³/mol. The topological polar surface area (TPSA) is 60.2 Å². The number of hydrogen-bond donors (Lipinski definition) is 0. The first-order valence-electron chi connectivity index (χ1n) is 10.8. The number of nitrogens with zero attached hydrogens (tertiary/aromatic N) is 4. The molecule has 34 heavy (non-hydrogen) atoms. The van der Waals surface area contributed by atoms with Gasteiger partial charge in [-0.15, -0.1) is 13.2 Å². The third-order valence-corrected chi connectivity index (χ3v) is 6.06. The van der Waals surface area contributed by atoms with Crippen molar-refractivity contribution in [2.45, 2.75) is 25.9 Å². The molecule has 9 heteroatoms. The van der Waals surface area contributed by atoms with Crippen molar-refractivity contribution < 1.29 is 17.9 Å². The second-order valence-corrected chi connectivity index (χ2v) is 8.27. The normalized spacial score (nSPS) is 14.2. The molecule has 1 aliphatic heterocycles. The van der Waals surface area contributed by atoms with Crippen LogP contribution in [0.5, 0.6) is 5.75 Å². The standard InChI is InChI=1S/C25H21F3N4O2/c1-31-22-9-12-32(14-17-3-2-4-21-23(17)30-11-10-29-21)15-18(22)13-20(24(31)33)16-5-7-19(8-6-16)34-25(26,27)28/h2-8,10-11,13H,9,12,14-15H2,1H3. The molecule has 0 N–H and O–H groups in total. The Morgan fingerprint density at radius 1 is 1.06 bits per heavy atom. The number of ether oxygens (including phenoxy) is 1. The lowest BCUT2D eigenvalue weighted by Gasteiger charge is -2.30. The molecule has 5 rings (SSSR count). The second kappa shape index (κ2) is 8.57. The van der Waals surface area contributed by atoms with Crippen molar-refractivity contribution in [2.24, 2.45) is 7.05 Å². The molecule has 0 amide bonds. The van der Waals surface area contributed by atoms with E-state index in [1.54, 1.807) is 24.0 Å². The Labute approximate surface area is 193 Å². The van der Waals surface area contributed by atoms with Gasteiger partial charge in [-0.1, -0.05) is 24.3 Å². The molecule has 0 fully saturated rings. The van der Waals surface area contributed by atoms with E-state index in [4.69, 9.17) is 0 Å². The van der Waals surface area contributed by atoms with Gasteiger partial charge in [0, 0.05) is 56.8 Å². The highest BCUT2D eigenvalue weighted by molar-refractivity contribution is 5.77. The summed E-state index contributed by atoms with van der Waals surface area (Å²) in [4.78, 5) is 24.1. The number of aromatic nitrogens is 3. The van der Waals surface area contributed by atoms with Crippen molar-refractivity contribution in [3.8, 4) is 16.9 Å². The summed E-state index contributed by atoms with van der Waals surface area (Å²) < 4.78 is 43.0. The van der Waals surface area contributed by atoms with Crippen LogP contribution in [0.25, 0.3) is 22.2 Å². The summed E-state index contributed by atoms with van der Waals surface area (Å²) in [6.45, 7) is 2.12. The summed E-state index contributed by atoms with van der Waals surface area (Å²) in [6, 6.07) is 13.2. The lowest BCUT2D eigenvalue weighted by Crippen LogP contribution is -2.35. The Balaban J connectivity index is 1.43. The molecule has 1 aliphatic rings. The first kappa shape index (κ1) is 22.1. The lowest BCUT2D eigenvalue weighted by molar-refractivity contribution is -0.274. The van der Waals surface area contributed by atoms with Gasteiger partial charge in [-0.25, -0.2) is 0 Å². The molecule has 0 saturated carbocycles. The van der Waals surface area contributed by atoms with Crippen LogP contribution in [0.15, 0.2) is 65.7 Å². The molecule has 0 spiro atoms. The van der Waals surface area contributed by atoms with Gasteiger partial charge in [0.15, 0.2) is 0 Å². The summed E-state index contributed by atoms with van der Waals surface area (Å²) in [5, 5.41) is 0. The predicted octanol–water partition coefficient (Wildman–Crippen LogP) is 4.45. The summed E-state index contributed by atoms with van der Waals surface area (Å²) in [5.74, 6) is -0.324. The Bertz CT molecular complexity index is 1410. The summed E-state index contributed by atoms with van der Waals surface area (Å²) in [5.41, 5.74) is 5.60. The monoisotopic (exact) mass is 466 g/mol. The van der Waals surface area contributed by atoms with Crippen LogP contribution in [0, 0.1) is 0 Å². The zero-order valence-corrected chi connectivity index (χ0v) is 18.3. The highest BCUT2D eigenvalue weighted by atomic mass is 19.4. The summed E-state index contributed by atoms with van der Waals surface area (Å²) >= 11 is 0. The van der Waals surface area contributed by atoms with E-state index < -0.39 is 6.36 Å². The number of benzene rings is 2. The first-order chi connectivity index (χ1) is 16.3. The van der Waals surface area contributed by atoms with E-state index in [-0.39, 0.29) is 11.3 Å². The molecule has 0 radical (unpaired) electrons. The number of para-hydroxylation sites is 1. The minimum absolute atomic E-state index is 0.180. The highest BCUT2D eigenvalue weighted by Crippen LogP contribution is 2.28. The average molecular weight is 466 g/mol. The fraction of sp³-hybridized carbons (Fsp3) is 0.240. The van der Waals surface area contributed by atoms with Crippen LogP contribution < -0.4 is 10.3 Å². The maximum atomic E-state index is 13.0. The smallest absolute Gasteiger partial charge is 0.406 e. The highest BCUT2D eigenvalue weighted by Gasteiger charge is 2.31. The maximum Gasteiger partial charge on any atom is 0.573 e. The minimum Gasteiger partial charge on any atom is -0.406 e. The molecular weight excluding hydrogens is 445 g/mol. The third kappa shape index (κ3) is 4.38. The molecule has 0 bridgehead atoms. The Morgan fingerprint density at radius 3 is 2.59 bits per heavy atom. The minimum atomic E-state index is -4.76. The van der Waals surface area contributed by atoms with Gasteiger partial charge in [0.25, 0.3) is 5.56 Å². The van der Waals surface area contributed by atoms with Crippen molar-refractivity contribution in [2.75, 3.05) is 6.54 Å². The van der Waals surface area contributed by atoms with E-state index in [2.05, 4.69) is 19.6 Å². The SMILES string of the molecule is Cn1c2c(cc(-c3ccc(OC(F)(F)F)cc3)c1=O)CN(Cc1cccc3nccnc13)CC2. The fourth-order valence-corrected chi connectivity index (χ4v) is 4.49. The summed E-state index contributed by atoms with van der Waals surface area (Å²) in [6.07, 6.45) is -0.684. The van der Waals surface area contributed by atoms with Gasteiger partial charge in [0.2, 0.25) is 0 Å². The van der Waals surface area contributed by atoms with Gasteiger partial charge in [-0.2, -0.15) is 0 Å². The van der Waals surface area contributed by atoms with Gasteiger partial charge < -0.3 is 9.30 Å². The van der Waals surface area contributed by atoms with E-state index in [0.29, 0.717) is 24.2 Å². The van der Waals surface area contributed by atoms with Crippen LogP contribution in [-0.4, -0.2) is 32.3 Å². The molecule has 2 aromatic carbocycles. The number of fused-ring (bicyclic) bond motifs is 2. The maximum absolute atomic E-state index is 13.0. The van der Waals surface area contributed by atoms with Gasteiger partial charge in [-0.3, -0.25) is 19.7 Å². The van der Waals surface area contributed by atoms with Gasteiger partial charge >= 0.3 is 6.36 Å². The zero-order chi connectivity index (χ0) is 23.9. The largest absolute Gasteiger partial charge is 0.573 e. The van der Waals surface area contributed by atoms with Gasteiger partial charge in [-0.05, 0) is 41.0 Å². The van der Waals surface area contributed by atoms with Crippen LogP contribution in [0.3, 0.4) is 0 Å². The van der Waals surface area contributed by atoms with Crippen LogP contribution in [0.2, 0.25) is 0 Å². The Hall–Kier alpha value is -3.72. The van der Waals surface area contributed by atoms with E-state index in [1.165, 1.54) is 24.3 Å². The van der Waals surface area contributed by atoms with E-state index >= 15 is 0 Å². The van der Waals surface area contributed by atoms with Gasteiger partial charge in [0.1, 0.15) is 5.75 Å². The molecule has 2 aromatic heterocycles. The Kier molecular flexibility index (Phi) is 5.57. The number of rotatable bonds is 4. The Morgan fingerprint density at radius 2 is 1.82 bits per heavy atom. The van der Waals surface area contributed by atoms with Crippen molar-refractivity contribution >= 4 is 11.0 Å². The summed E-state index contributed by atoms with van der Waals surface area (Å²) in [7, 11) is 1.74. The van der Waals surface area contributed by atoms with E-state index in [0.717, 1.165) is 40.8 Å². The van der Waals surface area contributed by atoms with E-state index in [9.17, 15) is 18.0 Å². The van der Waals surface area contributed by atoms with Crippen LogP contribution >= 0.6 is 0 Å². The molecule has 0 aliphatic carbocycles. The van der Waals surface area contributed by atoms with Crippen molar-refractivity contribution in [1.82, 2.24) is 19.4 Å². The fourth-order valence-electron chi connectivity index (χ4n) is 4.49. The van der Waals surface area contributed by atoms with Crippen LogP contribution in [0.1, 0.15) is 16.8 Å². The van der Waals surface area contributed by atoms with Crippen molar-refractivity contribution in [3.63, 3.8) is 0 Å². The van der Waals surface area contributed by atoms with Gasteiger partial charge in [0.05, 0.1) is 11.0 Å². The van der Waals surface area contributed by atoms with Crippen LogP contribution in [-0.2, 0) is 26.6 Å². The molecule has 0 unspecified atom stereocenters. The molecule has 174 valence electrons. The van der Waals surface area contributed by atoms with Crippen LogP contribution in [0.4, 0.5) is 13.2 Å². The molecular formula is C25H21F3N4O2. The average Bonchev–Trinajstić information content (AvgIpc) is 2.81. The third-order valence-electron chi connectivity index (χ3n) is 6.06. The molecule has 3 heterocycles. The molecule has 0 saturated heterocycles. The van der Waals surface area contributed by atoms with Crippen molar-refractivity contribution in [1.29, 1.82) is 0 Å². The molecule has 0 atom stereocenters. The molecule has 6 nitrogen and oxygen atoms in total. The first-order valence-corrected chi connectivity index (χ1v) is 10.8. The quantitative estimate of drug-likeness (QED) is 0.445. The molecule has 4 aromatic rings. The number of hydrogen-bond acceptors (Lipinski definition) is 5. The number of halogens is 3. The number of pyridine rings is 1. The second-order valence-electron chi connectivity index (χ2n) is 8.27. The van der Waals surface area contributed by atoms with Crippen molar-refractivity contribution in [3.05, 3.63) is 88.1 Å².